The third-order valence-electron chi connectivity index (χ3n) is 2.96. The highest BCUT2D eigenvalue weighted by Gasteiger charge is 2.21. The Morgan fingerprint density at radius 2 is 2.21 bits per heavy atom. The summed E-state index contributed by atoms with van der Waals surface area (Å²) in [5.74, 6) is 2.92. The van der Waals surface area contributed by atoms with Gasteiger partial charge < -0.3 is 4.90 Å². The zero-order valence-electron chi connectivity index (χ0n) is 9.50. The maximum Gasteiger partial charge on any atom is 0.0147 e. The molecule has 84 valence electrons. The molecule has 2 atom stereocenters. The predicted molar refractivity (Wildman–Crippen MR) is 70.5 cm³/mol. The largest absolute Gasteiger partial charge is 0.301 e. The summed E-state index contributed by atoms with van der Waals surface area (Å²) in [6.07, 6.45) is 0. The third kappa shape index (κ3) is 4.11. The molecule has 0 spiro atoms. The summed E-state index contributed by atoms with van der Waals surface area (Å²) in [6, 6.07) is 0. The van der Waals surface area contributed by atoms with E-state index in [1.165, 1.54) is 25.4 Å². The first-order valence-electron chi connectivity index (χ1n) is 5.53. The van der Waals surface area contributed by atoms with Crippen LogP contribution in [0.2, 0.25) is 0 Å². The van der Waals surface area contributed by atoms with Gasteiger partial charge in [0.1, 0.15) is 0 Å². The third-order valence-corrected chi connectivity index (χ3v) is 4.93. The first-order chi connectivity index (χ1) is 6.63. The number of halogens is 1. The average molecular weight is 280 g/mol. The first kappa shape index (κ1) is 12.9. The van der Waals surface area contributed by atoms with Gasteiger partial charge in [0.05, 0.1) is 0 Å². The SMILES string of the molecule is CC1CN(CC(CBr)C(C)C)CCS1. The molecule has 1 heterocycles. The molecule has 0 aliphatic carbocycles. The number of rotatable bonds is 4. The maximum absolute atomic E-state index is 3.63. The smallest absolute Gasteiger partial charge is 0.0147 e. The molecule has 0 radical (unpaired) electrons. The van der Waals surface area contributed by atoms with Crippen molar-refractivity contribution in [2.24, 2.45) is 11.8 Å². The molecular formula is C11H22BrNS. The highest BCUT2D eigenvalue weighted by Crippen LogP contribution is 2.21. The number of nitrogens with zero attached hydrogens (tertiary/aromatic N) is 1. The van der Waals surface area contributed by atoms with Crippen molar-refractivity contribution >= 4 is 27.7 Å². The van der Waals surface area contributed by atoms with Gasteiger partial charge in [-0.1, -0.05) is 36.7 Å². The zero-order chi connectivity index (χ0) is 10.6. The van der Waals surface area contributed by atoms with Gasteiger partial charge in [-0.05, 0) is 11.8 Å². The van der Waals surface area contributed by atoms with E-state index in [9.17, 15) is 0 Å². The number of hydrogen-bond acceptors (Lipinski definition) is 2. The van der Waals surface area contributed by atoms with E-state index in [0.29, 0.717) is 0 Å². The van der Waals surface area contributed by atoms with Crippen molar-refractivity contribution in [3.05, 3.63) is 0 Å². The van der Waals surface area contributed by atoms with Gasteiger partial charge in [0.25, 0.3) is 0 Å². The lowest BCUT2D eigenvalue weighted by molar-refractivity contribution is 0.222. The van der Waals surface area contributed by atoms with Crippen molar-refractivity contribution in [2.75, 3.05) is 30.7 Å². The molecule has 0 aromatic heterocycles. The second-order valence-electron chi connectivity index (χ2n) is 4.60. The molecule has 1 aliphatic heterocycles. The Balaban J connectivity index is 2.33. The van der Waals surface area contributed by atoms with Crippen molar-refractivity contribution in [2.45, 2.75) is 26.0 Å². The molecule has 1 nitrogen and oxygen atoms in total. The Labute approximate surface area is 101 Å². The lowest BCUT2D eigenvalue weighted by Gasteiger charge is -2.34. The zero-order valence-corrected chi connectivity index (χ0v) is 11.9. The Bertz CT molecular complexity index is 163. The maximum atomic E-state index is 3.63. The van der Waals surface area contributed by atoms with E-state index in [2.05, 4.69) is 53.4 Å². The van der Waals surface area contributed by atoms with E-state index >= 15 is 0 Å². The van der Waals surface area contributed by atoms with E-state index < -0.39 is 0 Å². The van der Waals surface area contributed by atoms with Gasteiger partial charge in [-0.2, -0.15) is 11.8 Å². The molecule has 0 aromatic rings. The summed E-state index contributed by atoms with van der Waals surface area (Å²) >= 11 is 5.74. The van der Waals surface area contributed by atoms with Gasteiger partial charge in [-0.3, -0.25) is 0 Å². The van der Waals surface area contributed by atoms with Crippen LogP contribution in [0.4, 0.5) is 0 Å². The molecule has 0 bridgehead atoms. The molecule has 0 saturated carbocycles. The Morgan fingerprint density at radius 1 is 1.50 bits per heavy atom. The molecular weight excluding hydrogens is 258 g/mol. The van der Waals surface area contributed by atoms with Crippen LogP contribution < -0.4 is 0 Å². The minimum atomic E-state index is 0.791. The number of alkyl halides is 1. The summed E-state index contributed by atoms with van der Waals surface area (Å²) in [6.45, 7) is 10.8. The molecule has 3 heteroatoms. The molecule has 2 unspecified atom stereocenters. The van der Waals surface area contributed by atoms with Gasteiger partial charge in [-0.15, -0.1) is 0 Å². The Kier molecular flexibility index (Phi) is 5.87. The summed E-state index contributed by atoms with van der Waals surface area (Å²) in [5, 5.41) is 1.97. The fourth-order valence-corrected chi connectivity index (χ4v) is 3.86. The molecule has 0 amide bonds. The fraction of sp³-hybridized carbons (Fsp3) is 1.00. The fourth-order valence-electron chi connectivity index (χ4n) is 1.83. The molecule has 14 heavy (non-hydrogen) atoms. The van der Waals surface area contributed by atoms with E-state index in [0.717, 1.165) is 22.4 Å². The van der Waals surface area contributed by atoms with E-state index in [4.69, 9.17) is 0 Å². The topological polar surface area (TPSA) is 3.24 Å². The molecule has 1 saturated heterocycles. The molecule has 1 fully saturated rings. The second kappa shape index (κ2) is 6.39. The highest BCUT2D eigenvalue weighted by molar-refractivity contribution is 9.09. The summed E-state index contributed by atoms with van der Waals surface area (Å²) in [7, 11) is 0. The monoisotopic (exact) mass is 279 g/mol. The number of thioether (sulfide) groups is 1. The minimum Gasteiger partial charge on any atom is -0.301 e. The Hall–Kier alpha value is 0.790. The van der Waals surface area contributed by atoms with Gasteiger partial charge in [0.15, 0.2) is 0 Å². The van der Waals surface area contributed by atoms with Crippen LogP contribution in [-0.2, 0) is 0 Å². The van der Waals surface area contributed by atoms with E-state index in [1.54, 1.807) is 0 Å². The summed E-state index contributed by atoms with van der Waals surface area (Å²) in [4.78, 5) is 2.63. The van der Waals surface area contributed by atoms with E-state index in [-0.39, 0.29) is 0 Å². The quantitative estimate of drug-likeness (QED) is 0.728. The number of hydrogen-bond donors (Lipinski definition) is 0. The lowest BCUT2D eigenvalue weighted by atomic mass is 9.97. The van der Waals surface area contributed by atoms with Crippen LogP contribution in [0, 0.1) is 11.8 Å². The average Bonchev–Trinajstić information content (AvgIpc) is 2.14. The van der Waals surface area contributed by atoms with Gasteiger partial charge in [0.2, 0.25) is 0 Å². The molecule has 1 rings (SSSR count). The van der Waals surface area contributed by atoms with Crippen LogP contribution in [0.3, 0.4) is 0 Å². The first-order valence-corrected chi connectivity index (χ1v) is 7.70. The van der Waals surface area contributed by atoms with Crippen molar-refractivity contribution in [1.82, 2.24) is 4.90 Å². The highest BCUT2D eigenvalue weighted by atomic mass is 79.9. The van der Waals surface area contributed by atoms with Crippen molar-refractivity contribution in [3.63, 3.8) is 0 Å². The molecule has 0 N–H and O–H groups in total. The van der Waals surface area contributed by atoms with Crippen LogP contribution in [0.5, 0.6) is 0 Å². The van der Waals surface area contributed by atoms with Crippen molar-refractivity contribution < 1.29 is 0 Å². The van der Waals surface area contributed by atoms with Crippen molar-refractivity contribution in [1.29, 1.82) is 0 Å². The van der Waals surface area contributed by atoms with Crippen LogP contribution in [0.1, 0.15) is 20.8 Å². The van der Waals surface area contributed by atoms with Gasteiger partial charge >= 0.3 is 0 Å². The summed E-state index contributed by atoms with van der Waals surface area (Å²) < 4.78 is 0. The Morgan fingerprint density at radius 3 is 2.71 bits per heavy atom. The van der Waals surface area contributed by atoms with Crippen LogP contribution in [0.25, 0.3) is 0 Å². The molecule has 0 aromatic carbocycles. The van der Waals surface area contributed by atoms with E-state index in [1.807, 2.05) is 0 Å². The van der Waals surface area contributed by atoms with Crippen LogP contribution >= 0.6 is 27.7 Å². The minimum absolute atomic E-state index is 0.791. The van der Waals surface area contributed by atoms with Crippen molar-refractivity contribution in [3.8, 4) is 0 Å². The normalized spacial score (nSPS) is 26.8. The lowest BCUT2D eigenvalue weighted by Crippen LogP contribution is -2.41. The molecule has 1 aliphatic rings. The van der Waals surface area contributed by atoms with Crippen LogP contribution in [0.15, 0.2) is 0 Å². The predicted octanol–water partition coefficient (Wildman–Crippen LogP) is 3.09. The summed E-state index contributed by atoms with van der Waals surface area (Å²) in [5.41, 5.74) is 0. The van der Waals surface area contributed by atoms with Gasteiger partial charge in [-0.25, -0.2) is 0 Å². The second-order valence-corrected chi connectivity index (χ2v) is 6.79. The standard InChI is InChI=1S/C11H22BrNS/c1-9(2)11(6-12)8-13-4-5-14-10(3)7-13/h9-11H,4-8H2,1-3H3. The van der Waals surface area contributed by atoms with Gasteiger partial charge in [0, 0.05) is 36.0 Å². The van der Waals surface area contributed by atoms with Crippen LogP contribution in [-0.4, -0.2) is 40.9 Å².